The van der Waals surface area contributed by atoms with Gasteiger partial charge in [0.25, 0.3) is 0 Å². The Morgan fingerprint density at radius 2 is 1.93 bits per heavy atom. The molecule has 0 spiro atoms. The molecule has 0 radical (unpaired) electrons. The van der Waals surface area contributed by atoms with Crippen LogP contribution >= 0.6 is 0 Å². The third-order valence-corrected chi connectivity index (χ3v) is 3.88. The number of rotatable bonds is 3. The molecule has 0 fully saturated rings. The molecule has 0 aliphatic heterocycles. The monoisotopic (exact) mass is 216 g/mol. The Morgan fingerprint density at radius 1 is 1.29 bits per heavy atom. The van der Waals surface area contributed by atoms with Crippen molar-refractivity contribution < 1.29 is 12.8 Å². The molecule has 14 heavy (non-hydrogen) atoms. The molecule has 0 heterocycles. The van der Waals surface area contributed by atoms with Gasteiger partial charge in [-0.15, -0.1) is 0 Å². The van der Waals surface area contributed by atoms with E-state index in [2.05, 4.69) is 0 Å². The van der Waals surface area contributed by atoms with E-state index in [9.17, 15) is 12.8 Å². The SMILES string of the molecule is CCc1ccc(S(=O)(=O)CC)cc1F. The summed E-state index contributed by atoms with van der Waals surface area (Å²) in [5.41, 5.74) is 0.542. The van der Waals surface area contributed by atoms with Crippen LogP contribution in [-0.4, -0.2) is 14.2 Å². The van der Waals surface area contributed by atoms with Gasteiger partial charge in [-0.2, -0.15) is 0 Å². The molecule has 0 unspecified atom stereocenters. The highest BCUT2D eigenvalue weighted by Gasteiger charge is 2.13. The largest absolute Gasteiger partial charge is 0.224 e. The van der Waals surface area contributed by atoms with Gasteiger partial charge in [0.1, 0.15) is 5.82 Å². The molecule has 1 rings (SSSR count). The summed E-state index contributed by atoms with van der Waals surface area (Å²) in [6.07, 6.45) is 0.568. The van der Waals surface area contributed by atoms with Crippen LogP contribution < -0.4 is 0 Å². The van der Waals surface area contributed by atoms with Crippen LogP contribution in [0.5, 0.6) is 0 Å². The van der Waals surface area contributed by atoms with Gasteiger partial charge in [0.15, 0.2) is 9.84 Å². The minimum absolute atomic E-state index is 0.00207. The first-order valence-corrected chi connectivity index (χ1v) is 6.17. The number of aryl methyl sites for hydroxylation is 1. The Balaban J connectivity index is 3.22. The molecule has 1 aromatic carbocycles. The molecule has 1 aromatic rings. The highest BCUT2D eigenvalue weighted by molar-refractivity contribution is 7.91. The van der Waals surface area contributed by atoms with Crippen LogP contribution in [0.3, 0.4) is 0 Å². The zero-order valence-corrected chi connectivity index (χ0v) is 9.07. The molecule has 4 heteroatoms. The average molecular weight is 216 g/mol. The first-order valence-electron chi connectivity index (χ1n) is 4.52. The summed E-state index contributed by atoms with van der Waals surface area (Å²) >= 11 is 0. The summed E-state index contributed by atoms with van der Waals surface area (Å²) < 4.78 is 36.0. The molecule has 0 aliphatic carbocycles. The second-order valence-corrected chi connectivity index (χ2v) is 5.29. The van der Waals surface area contributed by atoms with Gasteiger partial charge in [-0.25, -0.2) is 12.8 Å². The number of halogens is 1. The molecular weight excluding hydrogens is 203 g/mol. The third kappa shape index (κ3) is 2.12. The Morgan fingerprint density at radius 3 is 2.36 bits per heavy atom. The van der Waals surface area contributed by atoms with Crippen molar-refractivity contribution in [1.82, 2.24) is 0 Å². The van der Waals surface area contributed by atoms with Crippen molar-refractivity contribution in [3.05, 3.63) is 29.6 Å². The van der Waals surface area contributed by atoms with Crippen LogP contribution in [-0.2, 0) is 16.3 Å². The van der Waals surface area contributed by atoms with E-state index in [1.807, 2.05) is 6.92 Å². The molecule has 0 aromatic heterocycles. The predicted molar refractivity (Wildman–Crippen MR) is 53.5 cm³/mol. The number of benzene rings is 1. The molecule has 78 valence electrons. The minimum atomic E-state index is -3.29. The third-order valence-electron chi connectivity index (χ3n) is 2.14. The first kappa shape index (κ1) is 11.2. The Bertz CT molecular complexity index is 424. The summed E-state index contributed by atoms with van der Waals surface area (Å²) in [6.45, 7) is 3.37. The molecule has 0 saturated carbocycles. The molecule has 0 bridgehead atoms. The van der Waals surface area contributed by atoms with Crippen molar-refractivity contribution in [3.63, 3.8) is 0 Å². The van der Waals surface area contributed by atoms with Crippen LogP contribution in [0.4, 0.5) is 4.39 Å². The highest BCUT2D eigenvalue weighted by Crippen LogP contribution is 2.16. The Labute approximate surface area is 83.7 Å². The van der Waals surface area contributed by atoms with E-state index < -0.39 is 15.7 Å². The summed E-state index contributed by atoms with van der Waals surface area (Å²) in [6, 6.07) is 4.08. The lowest BCUT2D eigenvalue weighted by Crippen LogP contribution is -2.04. The summed E-state index contributed by atoms with van der Waals surface area (Å²) in [4.78, 5) is 0.0645. The average Bonchev–Trinajstić information content (AvgIpc) is 2.17. The van der Waals surface area contributed by atoms with E-state index in [1.165, 1.54) is 12.1 Å². The predicted octanol–water partition coefficient (Wildman–Crippen LogP) is 2.18. The standard InChI is InChI=1S/C10H13FO2S/c1-3-8-5-6-9(7-10(8)11)14(12,13)4-2/h5-7H,3-4H2,1-2H3. The van der Waals surface area contributed by atoms with E-state index in [4.69, 9.17) is 0 Å². The second kappa shape index (κ2) is 4.09. The van der Waals surface area contributed by atoms with Gasteiger partial charge >= 0.3 is 0 Å². The van der Waals surface area contributed by atoms with Crippen molar-refractivity contribution in [3.8, 4) is 0 Å². The Hall–Kier alpha value is -0.900. The zero-order chi connectivity index (χ0) is 10.8. The maximum Gasteiger partial charge on any atom is 0.178 e. The van der Waals surface area contributed by atoms with E-state index in [0.717, 1.165) is 6.07 Å². The molecule has 0 atom stereocenters. The normalized spacial score (nSPS) is 11.6. The topological polar surface area (TPSA) is 34.1 Å². The second-order valence-electron chi connectivity index (χ2n) is 3.01. The van der Waals surface area contributed by atoms with Crippen molar-refractivity contribution in [2.45, 2.75) is 25.2 Å². The molecule has 0 aliphatic rings. The van der Waals surface area contributed by atoms with Crippen LogP contribution in [0, 0.1) is 5.82 Å². The van der Waals surface area contributed by atoms with Gasteiger partial charge in [-0.1, -0.05) is 19.9 Å². The Kier molecular flexibility index (Phi) is 3.26. The smallest absolute Gasteiger partial charge is 0.178 e. The minimum Gasteiger partial charge on any atom is -0.224 e. The van der Waals surface area contributed by atoms with Crippen LogP contribution in [0.1, 0.15) is 19.4 Å². The van der Waals surface area contributed by atoms with Gasteiger partial charge in [0, 0.05) is 0 Å². The van der Waals surface area contributed by atoms with E-state index in [1.54, 1.807) is 6.92 Å². The zero-order valence-electron chi connectivity index (χ0n) is 8.25. The molecule has 2 nitrogen and oxygen atoms in total. The molecule has 0 amide bonds. The van der Waals surface area contributed by atoms with Gasteiger partial charge in [0.2, 0.25) is 0 Å². The van der Waals surface area contributed by atoms with Crippen molar-refractivity contribution in [2.75, 3.05) is 5.75 Å². The summed E-state index contributed by atoms with van der Waals surface area (Å²) in [5, 5.41) is 0. The number of sulfone groups is 1. The fraction of sp³-hybridized carbons (Fsp3) is 0.400. The van der Waals surface area contributed by atoms with Gasteiger partial charge in [-0.05, 0) is 24.1 Å². The fourth-order valence-electron chi connectivity index (χ4n) is 1.17. The fourth-order valence-corrected chi connectivity index (χ4v) is 2.07. The van der Waals surface area contributed by atoms with Crippen molar-refractivity contribution >= 4 is 9.84 Å². The summed E-state index contributed by atoms with van der Waals surface area (Å²) in [5.74, 6) is -0.445. The number of hydrogen-bond donors (Lipinski definition) is 0. The summed E-state index contributed by atoms with van der Waals surface area (Å²) in [7, 11) is -3.29. The lowest BCUT2D eigenvalue weighted by molar-refractivity contribution is 0.588. The maximum absolute atomic E-state index is 13.3. The highest BCUT2D eigenvalue weighted by atomic mass is 32.2. The lowest BCUT2D eigenvalue weighted by atomic mass is 10.2. The van der Waals surface area contributed by atoms with Gasteiger partial charge in [-0.3, -0.25) is 0 Å². The lowest BCUT2D eigenvalue weighted by Gasteiger charge is -2.03. The van der Waals surface area contributed by atoms with E-state index >= 15 is 0 Å². The van der Waals surface area contributed by atoms with Crippen LogP contribution in [0.15, 0.2) is 23.1 Å². The quantitative estimate of drug-likeness (QED) is 0.776. The van der Waals surface area contributed by atoms with Crippen molar-refractivity contribution in [1.29, 1.82) is 0 Å². The van der Waals surface area contributed by atoms with E-state index in [-0.39, 0.29) is 10.6 Å². The van der Waals surface area contributed by atoms with E-state index in [0.29, 0.717) is 12.0 Å². The molecule has 0 saturated heterocycles. The van der Waals surface area contributed by atoms with Gasteiger partial charge < -0.3 is 0 Å². The van der Waals surface area contributed by atoms with Crippen molar-refractivity contribution in [2.24, 2.45) is 0 Å². The maximum atomic E-state index is 13.3. The first-order chi connectivity index (χ1) is 6.51. The molecular formula is C10H13FO2S. The van der Waals surface area contributed by atoms with Gasteiger partial charge in [0.05, 0.1) is 10.6 Å². The van der Waals surface area contributed by atoms with Crippen LogP contribution in [0.2, 0.25) is 0 Å². The van der Waals surface area contributed by atoms with Crippen LogP contribution in [0.25, 0.3) is 0 Å². The number of hydrogen-bond acceptors (Lipinski definition) is 2. The molecule has 0 N–H and O–H groups in total.